The Hall–Kier alpha value is -3.64. The highest BCUT2D eigenvalue weighted by Gasteiger charge is 2.36. The van der Waals surface area contributed by atoms with Crippen molar-refractivity contribution in [3.8, 4) is 17.6 Å². The number of para-hydroxylation sites is 2. The topological polar surface area (TPSA) is 77.3 Å². The first-order valence-corrected chi connectivity index (χ1v) is 9.32. The van der Waals surface area contributed by atoms with Crippen LogP contribution in [0.2, 0.25) is 5.02 Å². The normalized spacial score (nSPS) is 10.8. The van der Waals surface area contributed by atoms with Crippen LogP contribution in [0.1, 0.15) is 0 Å². The van der Waals surface area contributed by atoms with E-state index in [4.69, 9.17) is 11.6 Å². The van der Waals surface area contributed by atoms with E-state index < -0.39 is 0 Å². The van der Waals surface area contributed by atoms with Gasteiger partial charge < -0.3 is 15.5 Å². The summed E-state index contributed by atoms with van der Waals surface area (Å²) in [5.41, 5.74) is 1.69. The van der Waals surface area contributed by atoms with Crippen molar-refractivity contribution >= 4 is 34.1 Å². The molecule has 0 aliphatic heterocycles. The fraction of sp³-hybridized carbons (Fsp3) is 0.0455. The first kappa shape index (κ1) is 18.7. The zero-order valence-electron chi connectivity index (χ0n) is 15.3. The molecule has 0 aliphatic rings. The SMILES string of the molecule is O=C(C[n+]1c(O)[n+](-c2ccccc2)c(O)c2ccccc21)Nc1ccc(Cl)cc1. The third-order valence-electron chi connectivity index (χ3n) is 4.53. The lowest BCUT2D eigenvalue weighted by Crippen LogP contribution is -2.49. The maximum absolute atomic E-state index is 12.6. The summed E-state index contributed by atoms with van der Waals surface area (Å²) < 4.78 is 2.76. The Morgan fingerprint density at radius 1 is 0.897 bits per heavy atom. The van der Waals surface area contributed by atoms with Gasteiger partial charge in [0.25, 0.3) is 5.91 Å². The molecule has 7 heteroatoms. The predicted octanol–water partition coefficient (Wildman–Crippen LogP) is 3.11. The van der Waals surface area contributed by atoms with Gasteiger partial charge in [-0.15, -0.1) is 0 Å². The van der Waals surface area contributed by atoms with Crippen LogP contribution >= 0.6 is 11.6 Å². The maximum atomic E-state index is 12.6. The van der Waals surface area contributed by atoms with Crippen molar-refractivity contribution in [3.05, 3.63) is 83.9 Å². The molecule has 0 unspecified atom stereocenters. The molecule has 6 nitrogen and oxygen atoms in total. The molecule has 0 aliphatic carbocycles. The minimum Gasteiger partial charge on any atom is -0.459 e. The first-order chi connectivity index (χ1) is 14.0. The average molecular weight is 408 g/mol. The van der Waals surface area contributed by atoms with Crippen LogP contribution in [0, 0.1) is 0 Å². The molecule has 0 atom stereocenters. The van der Waals surface area contributed by atoms with E-state index in [0.717, 1.165) is 0 Å². The highest BCUT2D eigenvalue weighted by atomic mass is 35.5. The number of carbonyl (C=O) groups is 1. The second kappa shape index (κ2) is 7.77. The highest BCUT2D eigenvalue weighted by Crippen LogP contribution is 2.22. The van der Waals surface area contributed by atoms with Gasteiger partial charge in [-0.1, -0.05) is 46.5 Å². The van der Waals surface area contributed by atoms with Crippen molar-refractivity contribution in [2.45, 2.75) is 6.54 Å². The van der Waals surface area contributed by atoms with Crippen LogP contribution in [0.4, 0.5) is 5.69 Å². The number of hydrogen-bond acceptors (Lipinski definition) is 3. The Morgan fingerprint density at radius 3 is 2.28 bits per heavy atom. The van der Waals surface area contributed by atoms with Crippen LogP contribution in [0.5, 0.6) is 11.9 Å². The summed E-state index contributed by atoms with van der Waals surface area (Å²) in [6, 6.07) is 22.5. The van der Waals surface area contributed by atoms with E-state index in [1.54, 1.807) is 72.8 Å². The Labute approximate surface area is 171 Å². The number of carbonyl (C=O) groups excluding carboxylic acids is 1. The van der Waals surface area contributed by atoms with E-state index >= 15 is 0 Å². The van der Waals surface area contributed by atoms with Crippen LogP contribution in [0.3, 0.4) is 0 Å². The zero-order valence-corrected chi connectivity index (χ0v) is 16.0. The Balaban J connectivity index is 1.79. The van der Waals surface area contributed by atoms with E-state index in [1.807, 2.05) is 6.07 Å². The fourth-order valence-corrected chi connectivity index (χ4v) is 3.32. The molecule has 3 N–H and O–H groups in total. The smallest absolute Gasteiger partial charge is 0.459 e. The number of nitrogens with one attached hydrogen (secondary N) is 1. The number of benzene rings is 3. The average Bonchev–Trinajstić information content (AvgIpc) is 2.74. The van der Waals surface area contributed by atoms with Gasteiger partial charge in [0.1, 0.15) is 0 Å². The fourth-order valence-electron chi connectivity index (χ4n) is 3.19. The summed E-state index contributed by atoms with van der Waals surface area (Å²) in [4.78, 5) is 12.6. The van der Waals surface area contributed by atoms with Gasteiger partial charge in [-0.05, 0) is 34.9 Å². The molecule has 4 aromatic rings. The molecule has 0 spiro atoms. The number of aromatic hydroxyl groups is 2. The van der Waals surface area contributed by atoms with E-state index in [9.17, 15) is 15.0 Å². The number of hydrogen-bond donors (Lipinski definition) is 3. The molecular weight excluding hydrogens is 390 g/mol. The van der Waals surface area contributed by atoms with Crippen molar-refractivity contribution in [1.29, 1.82) is 0 Å². The van der Waals surface area contributed by atoms with Crippen LogP contribution in [-0.4, -0.2) is 16.1 Å². The molecule has 3 aromatic carbocycles. The monoisotopic (exact) mass is 407 g/mol. The lowest BCUT2D eigenvalue weighted by Gasteiger charge is -2.06. The first-order valence-electron chi connectivity index (χ1n) is 8.94. The summed E-state index contributed by atoms with van der Waals surface area (Å²) in [6.07, 6.45) is 0. The van der Waals surface area contributed by atoms with Gasteiger partial charge in [-0.25, -0.2) is 0 Å². The van der Waals surface area contributed by atoms with Gasteiger partial charge in [-0.2, -0.15) is 0 Å². The Kier molecular flexibility index (Phi) is 5.01. The lowest BCUT2D eigenvalue weighted by molar-refractivity contribution is -0.774. The summed E-state index contributed by atoms with van der Waals surface area (Å²) in [5, 5.41) is 25.6. The van der Waals surface area contributed by atoms with Gasteiger partial charge in [0.05, 0.1) is 0 Å². The molecule has 144 valence electrons. The minimum absolute atomic E-state index is 0.112. The third kappa shape index (κ3) is 3.70. The van der Waals surface area contributed by atoms with Crippen LogP contribution in [-0.2, 0) is 11.3 Å². The molecule has 0 radical (unpaired) electrons. The molecule has 1 aromatic heterocycles. The predicted molar refractivity (Wildman–Crippen MR) is 109 cm³/mol. The molecule has 29 heavy (non-hydrogen) atoms. The van der Waals surface area contributed by atoms with Crippen LogP contribution in [0.15, 0.2) is 78.9 Å². The number of nitrogens with zero attached hydrogens (tertiary/aromatic N) is 2. The lowest BCUT2D eigenvalue weighted by atomic mass is 10.2. The van der Waals surface area contributed by atoms with Crippen molar-refractivity contribution in [3.63, 3.8) is 0 Å². The van der Waals surface area contributed by atoms with Gasteiger partial charge in [0, 0.05) is 28.9 Å². The highest BCUT2D eigenvalue weighted by molar-refractivity contribution is 6.30. The maximum Gasteiger partial charge on any atom is 0.638 e. The van der Waals surface area contributed by atoms with Gasteiger partial charge >= 0.3 is 11.9 Å². The van der Waals surface area contributed by atoms with Crippen molar-refractivity contribution in [2.75, 3.05) is 5.32 Å². The summed E-state index contributed by atoms with van der Waals surface area (Å²) >= 11 is 5.88. The van der Waals surface area contributed by atoms with E-state index in [0.29, 0.717) is 27.3 Å². The molecule has 0 bridgehead atoms. The molecule has 0 fully saturated rings. The van der Waals surface area contributed by atoms with E-state index in [-0.39, 0.29) is 24.3 Å². The second-order valence-corrected chi connectivity index (χ2v) is 6.89. The molecule has 1 heterocycles. The number of aromatic nitrogens is 2. The standard InChI is InChI=1S/C22H16ClN3O3/c23-15-10-12-16(13-11-15)24-20(27)14-25-19-9-5-4-8-18(19)21(28)26(22(25)29)17-6-2-1-3-7-17/h1-13H,14H2,(H,24,27)/p+2. The van der Waals surface area contributed by atoms with Gasteiger partial charge in [-0.3, -0.25) is 4.79 Å². The Bertz CT molecular complexity index is 1200. The quantitative estimate of drug-likeness (QED) is 0.455. The molecule has 1 amide bonds. The van der Waals surface area contributed by atoms with Gasteiger partial charge in [0.2, 0.25) is 17.7 Å². The number of amides is 1. The van der Waals surface area contributed by atoms with Crippen molar-refractivity contribution < 1.29 is 24.1 Å². The summed E-state index contributed by atoms with van der Waals surface area (Å²) in [7, 11) is 0. The minimum atomic E-state index is -0.330. The van der Waals surface area contributed by atoms with Crippen LogP contribution < -0.4 is 14.5 Å². The number of halogens is 1. The summed E-state index contributed by atoms with van der Waals surface area (Å²) in [6.45, 7) is -0.151. The molecule has 0 saturated heterocycles. The van der Waals surface area contributed by atoms with E-state index in [1.165, 1.54) is 9.13 Å². The second-order valence-electron chi connectivity index (χ2n) is 6.45. The Morgan fingerprint density at radius 2 is 1.55 bits per heavy atom. The zero-order chi connectivity index (χ0) is 20.4. The molecule has 4 rings (SSSR count). The summed E-state index contributed by atoms with van der Waals surface area (Å²) in [5.74, 6) is -0.443. The number of anilines is 1. The number of rotatable bonds is 4. The van der Waals surface area contributed by atoms with Crippen molar-refractivity contribution in [1.82, 2.24) is 0 Å². The molecule has 0 saturated carbocycles. The molecular formula is C22H18ClN3O3+2. The number of fused-ring (bicyclic) bond motifs is 1. The third-order valence-corrected chi connectivity index (χ3v) is 4.79. The van der Waals surface area contributed by atoms with Crippen molar-refractivity contribution in [2.24, 2.45) is 0 Å². The van der Waals surface area contributed by atoms with Crippen LogP contribution in [0.25, 0.3) is 16.6 Å². The van der Waals surface area contributed by atoms with E-state index in [2.05, 4.69) is 5.32 Å². The largest absolute Gasteiger partial charge is 0.638 e. The van der Waals surface area contributed by atoms with Gasteiger partial charge in [0.15, 0.2) is 5.39 Å².